The molecular formula is C17H26N2O2. The number of ether oxygens (including phenoxy) is 1. The van der Waals surface area contributed by atoms with Crippen LogP contribution in [0.2, 0.25) is 0 Å². The maximum absolute atomic E-state index is 11.8. The highest BCUT2D eigenvalue weighted by atomic mass is 16.5. The van der Waals surface area contributed by atoms with E-state index in [-0.39, 0.29) is 18.6 Å². The van der Waals surface area contributed by atoms with Crippen LogP contribution < -0.4 is 15.4 Å². The number of amides is 1. The van der Waals surface area contributed by atoms with Crippen LogP contribution in [0.3, 0.4) is 0 Å². The van der Waals surface area contributed by atoms with Crippen LogP contribution in [0.15, 0.2) is 24.3 Å². The van der Waals surface area contributed by atoms with Crippen molar-refractivity contribution in [3.63, 3.8) is 0 Å². The van der Waals surface area contributed by atoms with E-state index >= 15 is 0 Å². The Kier molecular flexibility index (Phi) is 5.62. The Morgan fingerprint density at radius 3 is 2.76 bits per heavy atom. The Bertz CT molecular complexity index is 470. The van der Waals surface area contributed by atoms with Crippen LogP contribution in [0.4, 0.5) is 0 Å². The fourth-order valence-corrected chi connectivity index (χ4v) is 1.91. The molecule has 2 rings (SSSR count). The molecule has 0 saturated heterocycles. The Balaban J connectivity index is 1.76. The average Bonchev–Trinajstić information content (AvgIpc) is 3.27. The van der Waals surface area contributed by atoms with Gasteiger partial charge >= 0.3 is 0 Å². The van der Waals surface area contributed by atoms with Gasteiger partial charge in [-0.25, -0.2) is 0 Å². The van der Waals surface area contributed by atoms with Gasteiger partial charge in [0.15, 0.2) is 6.61 Å². The second kappa shape index (κ2) is 7.46. The molecule has 1 unspecified atom stereocenters. The number of carbonyl (C=O) groups excluding carboxylic acids is 1. The molecule has 1 amide bonds. The van der Waals surface area contributed by atoms with Crippen LogP contribution in [0, 0.1) is 5.92 Å². The quantitative estimate of drug-likeness (QED) is 0.773. The van der Waals surface area contributed by atoms with Gasteiger partial charge in [0, 0.05) is 18.6 Å². The van der Waals surface area contributed by atoms with Crippen molar-refractivity contribution in [1.29, 1.82) is 0 Å². The smallest absolute Gasteiger partial charge is 0.258 e. The van der Waals surface area contributed by atoms with E-state index < -0.39 is 0 Å². The molecule has 4 heteroatoms. The summed E-state index contributed by atoms with van der Waals surface area (Å²) < 4.78 is 5.57. The van der Waals surface area contributed by atoms with E-state index in [2.05, 4.69) is 30.5 Å². The largest absolute Gasteiger partial charge is 0.484 e. The lowest BCUT2D eigenvalue weighted by molar-refractivity contribution is -0.124. The zero-order valence-electron chi connectivity index (χ0n) is 13.2. The molecule has 1 aliphatic carbocycles. The van der Waals surface area contributed by atoms with Gasteiger partial charge in [0.2, 0.25) is 0 Å². The minimum Gasteiger partial charge on any atom is -0.484 e. The number of rotatable bonds is 8. The third-order valence-electron chi connectivity index (χ3n) is 3.83. The third-order valence-corrected chi connectivity index (χ3v) is 3.83. The predicted molar refractivity (Wildman–Crippen MR) is 84.2 cm³/mol. The fraction of sp³-hybridized carbons (Fsp3) is 0.588. The standard InChI is InChI=1S/C17H26N2O2/c1-12(2)13(3)19-17(20)11-21-16-6-4-5-14(9-16)10-18-15-7-8-15/h4-6,9,12-13,15,18H,7-8,10-11H2,1-3H3,(H,19,20). The highest BCUT2D eigenvalue weighted by Crippen LogP contribution is 2.20. The molecule has 116 valence electrons. The van der Waals surface area contributed by atoms with Crippen molar-refractivity contribution in [2.75, 3.05) is 6.61 Å². The average molecular weight is 290 g/mol. The Morgan fingerprint density at radius 2 is 2.10 bits per heavy atom. The molecule has 0 radical (unpaired) electrons. The van der Waals surface area contributed by atoms with E-state index in [0.29, 0.717) is 12.0 Å². The molecule has 1 aromatic carbocycles. The van der Waals surface area contributed by atoms with Crippen molar-refractivity contribution < 1.29 is 9.53 Å². The minimum absolute atomic E-state index is 0.0660. The molecule has 1 aliphatic rings. The molecular weight excluding hydrogens is 264 g/mol. The molecule has 4 nitrogen and oxygen atoms in total. The predicted octanol–water partition coefficient (Wildman–Crippen LogP) is 2.48. The van der Waals surface area contributed by atoms with Crippen LogP contribution in [0.25, 0.3) is 0 Å². The first-order valence-corrected chi connectivity index (χ1v) is 7.79. The molecule has 0 bridgehead atoms. The summed E-state index contributed by atoms with van der Waals surface area (Å²) in [7, 11) is 0. The summed E-state index contributed by atoms with van der Waals surface area (Å²) in [5.41, 5.74) is 1.19. The molecule has 1 atom stereocenters. The lowest BCUT2D eigenvalue weighted by atomic mass is 10.1. The molecule has 21 heavy (non-hydrogen) atoms. The lowest BCUT2D eigenvalue weighted by Crippen LogP contribution is -2.38. The first-order valence-electron chi connectivity index (χ1n) is 7.79. The third kappa shape index (κ3) is 5.76. The van der Waals surface area contributed by atoms with Crippen LogP contribution in [-0.4, -0.2) is 24.6 Å². The monoisotopic (exact) mass is 290 g/mol. The lowest BCUT2D eigenvalue weighted by Gasteiger charge is -2.17. The summed E-state index contributed by atoms with van der Waals surface area (Å²) in [6, 6.07) is 8.78. The maximum atomic E-state index is 11.8. The van der Waals surface area contributed by atoms with Gasteiger partial charge in [-0.1, -0.05) is 26.0 Å². The number of benzene rings is 1. The van der Waals surface area contributed by atoms with Crippen molar-refractivity contribution in [3.05, 3.63) is 29.8 Å². The van der Waals surface area contributed by atoms with Crippen LogP contribution in [0.5, 0.6) is 5.75 Å². The highest BCUT2D eigenvalue weighted by Gasteiger charge is 2.19. The molecule has 0 heterocycles. The number of hydrogen-bond acceptors (Lipinski definition) is 3. The summed E-state index contributed by atoms with van der Waals surface area (Å²) in [6.07, 6.45) is 2.56. The van der Waals surface area contributed by atoms with Crippen molar-refractivity contribution in [1.82, 2.24) is 10.6 Å². The van der Waals surface area contributed by atoms with Crippen molar-refractivity contribution in [2.24, 2.45) is 5.92 Å². The summed E-state index contributed by atoms with van der Waals surface area (Å²) in [4.78, 5) is 11.8. The SMILES string of the molecule is CC(C)C(C)NC(=O)COc1cccc(CNC2CC2)c1. The van der Waals surface area contributed by atoms with E-state index in [0.717, 1.165) is 12.3 Å². The normalized spacial score (nSPS) is 15.8. The van der Waals surface area contributed by atoms with Crippen LogP contribution in [-0.2, 0) is 11.3 Å². The van der Waals surface area contributed by atoms with Crippen LogP contribution in [0.1, 0.15) is 39.2 Å². The summed E-state index contributed by atoms with van der Waals surface area (Å²) in [5.74, 6) is 1.10. The zero-order valence-corrected chi connectivity index (χ0v) is 13.2. The molecule has 1 saturated carbocycles. The van der Waals surface area contributed by atoms with Gasteiger partial charge in [-0.2, -0.15) is 0 Å². The van der Waals surface area contributed by atoms with Crippen molar-refractivity contribution in [2.45, 2.75) is 52.2 Å². The minimum atomic E-state index is -0.0716. The molecule has 1 aromatic rings. The van der Waals surface area contributed by atoms with Gasteiger partial charge < -0.3 is 15.4 Å². The first-order chi connectivity index (χ1) is 10.0. The second-order valence-corrected chi connectivity index (χ2v) is 6.19. The molecule has 0 spiro atoms. The zero-order chi connectivity index (χ0) is 15.2. The number of hydrogen-bond donors (Lipinski definition) is 2. The molecule has 2 N–H and O–H groups in total. The Labute approximate surface area is 127 Å². The van der Waals surface area contributed by atoms with E-state index in [1.54, 1.807) is 0 Å². The Morgan fingerprint density at radius 1 is 1.33 bits per heavy atom. The first kappa shape index (κ1) is 15.8. The molecule has 0 aliphatic heterocycles. The van der Waals surface area contributed by atoms with Gasteiger partial charge in [-0.05, 0) is 43.4 Å². The Hall–Kier alpha value is -1.55. The maximum Gasteiger partial charge on any atom is 0.258 e. The fourth-order valence-electron chi connectivity index (χ4n) is 1.91. The second-order valence-electron chi connectivity index (χ2n) is 6.19. The van der Waals surface area contributed by atoms with Gasteiger partial charge in [0.05, 0.1) is 0 Å². The topological polar surface area (TPSA) is 50.4 Å². The van der Waals surface area contributed by atoms with Crippen molar-refractivity contribution in [3.8, 4) is 5.75 Å². The summed E-state index contributed by atoms with van der Waals surface area (Å²) in [5, 5.41) is 6.40. The van der Waals surface area contributed by atoms with Gasteiger partial charge in [0.1, 0.15) is 5.75 Å². The van der Waals surface area contributed by atoms with E-state index in [1.807, 2.05) is 25.1 Å². The van der Waals surface area contributed by atoms with E-state index in [1.165, 1.54) is 18.4 Å². The van der Waals surface area contributed by atoms with Crippen molar-refractivity contribution >= 4 is 5.91 Å². The molecule has 0 aromatic heterocycles. The van der Waals surface area contributed by atoms with Gasteiger partial charge in [0.25, 0.3) is 5.91 Å². The highest BCUT2D eigenvalue weighted by molar-refractivity contribution is 5.77. The summed E-state index contributed by atoms with van der Waals surface area (Å²) in [6.45, 7) is 7.10. The van der Waals surface area contributed by atoms with Gasteiger partial charge in [-0.15, -0.1) is 0 Å². The van der Waals surface area contributed by atoms with Gasteiger partial charge in [-0.3, -0.25) is 4.79 Å². The molecule has 1 fully saturated rings. The number of nitrogens with one attached hydrogen (secondary N) is 2. The van der Waals surface area contributed by atoms with Crippen LogP contribution >= 0.6 is 0 Å². The van der Waals surface area contributed by atoms with E-state index in [4.69, 9.17) is 4.74 Å². The van der Waals surface area contributed by atoms with E-state index in [9.17, 15) is 4.79 Å². The number of carbonyl (C=O) groups is 1. The summed E-state index contributed by atoms with van der Waals surface area (Å²) >= 11 is 0.